The molecular formula is C43H46O7S12. The second-order valence-electron chi connectivity index (χ2n) is 18.0. The Morgan fingerprint density at radius 2 is 0.484 bits per heavy atom. The molecule has 6 aliphatic heterocycles. The average molecular weight is 1060 g/mol. The summed E-state index contributed by atoms with van der Waals surface area (Å²) in [6.45, 7) is 26.0. The third kappa shape index (κ3) is 7.47. The lowest BCUT2D eigenvalue weighted by atomic mass is 9.78. The summed E-state index contributed by atoms with van der Waals surface area (Å²) in [6.07, 6.45) is 0. The van der Waals surface area contributed by atoms with Crippen LogP contribution in [0.15, 0.2) is 58.7 Å². The SMILES string of the molecule is COC(=O)c1c2c(c(C(O)(c3c4c(c(C(=O)OC)c5c3SC(C)(C)S5)SC(C)(C)S4)c3c4c(c(C(=O)OC)c5c3SC(C)(C)S5)SC(C)(C)S4)c3c1SC(C)(C)S3)SC(C)(C)S2. The predicted molar refractivity (Wildman–Crippen MR) is 270 cm³/mol. The number of benzene rings is 3. The van der Waals surface area contributed by atoms with E-state index in [1.54, 1.807) is 141 Å². The van der Waals surface area contributed by atoms with Crippen molar-refractivity contribution in [1.29, 1.82) is 0 Å². The molecule has 0 amide bonds. The molecule has 332 valence electrons. The van der Waals surface area contributed by atoms with Gasteiger partial charge in [-0.2, -0.15) is 0 Å². The summed E-state index contributed by atoms with van der Waals surface area (Å²) in [5, 5.41) is 15.6. The van der Waals surface area contributed by atoms with Gasteiger partial charge in [-0.25, -0.2) is 14.4 Å². The fourth-order valence-electron chi connectivity index (χ4n) is 8.45. The number of rotatable bonds is 6. The highest BCUT2D eigenvalue weighted by molar-refractivity contribution is 8.23. The van der Waals surface area contributed by atoms with Crippen LogP contribution in [0.3, 0.4) is 0 Å². The van der Waals surface area contributed by atoms with Crippen LogP contribution in [0.1, 0.15) is 131 Å². The molecule has 0 unspecified atom stereocenters. The monoisotopic (exact) mass is 1060 g/mol. The van der Waals surface area contributed by atoms with Crippen LogP contribution in [0.25, 0.3) is 0 Å². The minimum atomic E-state index is -1.90. The van der Waals surface area contributed by atoms with Gasteiger partial charge in [-0.05, 0) is 83.1 Å². The first-order valence-electron chi connectivity index (χ1n) is 19.6. The minimum absolute atomic E-state index is 0.401. The van der Waals surface area contributed by atoms with Crippen LogP contribution in [-0.4, -0.2) is 68.8 Å². The fourth-order valence-corrected chi connectivity index (χ4v) is 26.4. The Labute approximate surface area is 415 Å². The summed E-state index contributed by atoms with van der Waals surface area (Å²) < 4.78 is 14.3. The fraction of sp³-hybridized carbons (Fsp3) is 0.512. The molecule has 0 radical (unpaired) electrons. The summed E-state index contributed by atoms with van der Waals surface area (Å²) in [6, 6.07) is 0. The largest absolute Gasteiger partial charge is 0.465 e. The van der Waals surface area contributed by atoms with Gasteiger partial charge in [0.2, 0.25) is 0 Å². The highest BCUT2D eigenvalue weighted by Crippen LogP contribution is 2.75. The lowest BCUT2D eigenvalue weighted by molar-refractivity contribution is 0.0582. The Bertz CT molecular complexity index is 2180. The molecule has 0 saturated carbocycles. The van der Waals surface area contributed by atoms with Crippen molar-refractivity contribution in [2.75, 3.05) is 21.3 Å². The molecule has 0 saturated heterocycles. The third-order valence-corrected chi connectivity index (χ3v) is 27.4. The number of carbonyl (C=O) groups is 3. The van der Waals surface area contributed by atoms with Gasteiger partial charge in [-0.15, -0.1) is 141 Å². The second-order valence-corrected chi connectivity index (χ2v) is 39.2. The van der Waals surface area contributed by atoms with Gasteiger partial charge in [0.1, 0.15) is 5.60 Å². The van der Waals surface area contributed by atoms with Crippen LogP contribution in [0.5, 0.6) is 0 Å². The highest BCUT2D eigenvalue weighted by atomic mass is 32.2. The Hall–Kier alpha value is 0.230. The Balaban J connectivity index is 1.56. The van der Waals surface area contributed by atoms with Crippen molar-refractivity contribution >= 4 is 159 Å². The smallest absolute Gasteiger partial charge is 0.340 e. The van der Waals surface area contributed by atoms with E-state index < -0.39 is 48.0 Å². The summed E-state index contributed by atoms with van der Waals surface area (Å²) in [4.78, 5) is 52.4. The first kappa shape index (κ1) is 47.3. The molecule has 6 aliphatic rings. The van der Waals surface area contributed by atoms with Crippen LogP contribution in [0, 0.1) is 0 Å². The second kappa shape index (κ2) is 15.4. The van der Waals surface area contributed by atoms with Gasteiger partial charge < -0.3 is 19.3 Å². The van der Waals surface area contributed by atoms with E-state index in [4.69, 9.17) is 14.2 Å². The molecule has 1 N–H and O–H groups in total. The van der Waals surface area contributed by atoms with Crippen LogP contribution in [0.4, 0.5) is 0 Å². The van der Waals surface area contributed by atoms with Gasteiger partial charge in [0.25, 0.3) is 0 Å². The van der Waals surface area contributed by atoms with E-state index >= 15 is 5.11 Å². The Kier molecular flexibility index (Phi) is 11.7. The molecule has 7 nitrogen and oxygen atoms in total. The normalized spacial score (nSPS) is 22.1. The summed E-state index contributed by atoms with van der Waals surface area (Å²) in [7, 11) is 4.31. The number of thioether (sulfide) groups is 12. The van der Waals surface area contributed by atoms with Gasteiger partial charge in [0.15, 0.2) is 0 Å². The zero-order valence-electron chi connectivity index (χ0n) is 36.8. The van der Waals surface area contributed by atoms with Crippen molar-refractivity contribution in [1.82, 2.24) is 0 Å². The van der Waals surface area contributed by atoms with E-state index in [2.05, 4.69) is 83.1 Å². The summed E-state index contributed by atoms with van der Waals surface area (Å²) in [5.74, 6) is -1.20. The zero-order chi connectivity index (χ0) is 45.2. The van der Waals surface area contributed by atoms with Gasteiger partial charge >= 0.3 is 17.9 Å². The molecular weight excluding hydrogens is 1010 g/mol. The minimum Gasteiger partial charge on any atom is -0.465 e. The maximum atomic E-state index is 15.6. The van der Waals surface area contributed by atoms with Crippen LogP contribution in [0.2, 0.25) is 0 Å². The standard InChI is InChI=1S/C43H46O7S12/c1-37(2)51-22-16(34(44)48-13)23-29(58-38(3,4)52-23)19(28(22)57-37)43(47,20-30-24(53-39(5,6)59-30)17(35(45)49-14)25-31(20)60-40(7,8)54-25)21-32-26(55-41(9,10)61-32)18(36(46)50-15)27-33(21)62-42(11,12)56-27/h47H,1-15H3. The lowest BCUT2D eigenvalue weighted by Crippen LogP contribution is -2.35. The van der Waals surface area contributed by atoms with E-state index in [1.807, 2.05) is 0 Å². The van der Waals surface area contributed by atoms with E-state index in [-0.39, 0.29) is 0 Å². The van der Waals surface area contributed by atoms with E-state index in [0.29, 0.717) is 16.7 Å². The highest BCUT2D eigenvalue weighted by Gasteiger charge is 2.59. The zero-order valence-corrected chi connectivity index (χ0v) is 46.6. The third-order valence-electron chi connectivity index (χ3n) is 10.4. The predicted octanol–water partition coefficient (Wildman–Crippen LogP) is 14.9. The van der Waals surface area contributed by atoms with Crippen LogP contribution >= 0.6 is 141 Å². The van der Waals surface area contributed by atoms with Crippen molar-refractivity contribution in [3.63, 3.8) is 0 Å². The lowest BCUT2D eigenvalue weighted by Gasteiger charge is -2.39. The number of esters is 3. The molecule has 0 spiro atoms. The average Bonchev–Trinajstić information content (AvgIpc) is 3.95. The molecule has 0 atom stereocenters. The molecule has 0 bridgehead atoms. The Morgan fingerprint density at radius 3 is 0.629 bits per heavy atom. The van der Waals surface area contributed by atoms with Gasteiger partial charge in [0.05, 0.1) is 62.5 Å². The molecule has 19 heteroatoms. The molecule has 6 heterocycles. The molecule has 9 rings (SSSR count). The number of fused-ring (bicyclic) bond motifs is 6. The summed E-state index contributed by atoms with van der Waals surface area (Å²) in [5.41, 5.74) is 1.93. The van der Waals surface area contributed by atoms with Gasteiger partial charge in [0, 0.05) is 75.4 Å². The van der Waals surface area contributed by atoms with Crippen molar-refractivity contribution in [3.05, 3.63) is 33.4 Å². The maximum absolute atomic E-state index is 15.6. The number of carbonyl (C=O) groups excluding carboxylic acids is 3. The first-order chi connectivity index (χ1) is 28.6. The molecule has 3 aromatic carbocycles. The maximum Gasteiger partial charge on any atom is 0.340 e. The van der Waals surface area contributed by atoms with Crippen molar-refractivity contribution in [3.8, 4) is 0 Å². The van der Waals surface area contributed by atoms with E-state index in [0.717, 1.165) is 75.4 Å². The number of hydrogen-bond donors (Lipinski definition) is 1. The quantitative estimate of drug-likeness (QED) is 0.144. The first-order valence-corrected chi connectivity index (χ1v) is 29.4. The Morgan fingerprint density at radius 1 is 0.339 bits per heavy atom. The molecule has 62 heavy (non-hydrogen) atoms. The number of aliphatic hydroxyl groups is 1. The van der Waals surface area contributed by atoms with Crippen molar-refractivity contribution in [2.45, 2.75) is 172 Å². The van der Waals surface area contributed by atoms with E-state index in [9.17, 15) is 14.4 Å². The number of methoxy groups -OCH3 is 3. The van der Waals surface area contributed by atoms with E-state index in [1.165, 1.54) is 21.3 Å². The molecule has 0 fully saturated rings. The number of hydrogen-bond acceptors (Lipinski definition) is 19. The van der Waals surface area contributed by atoms with Gasteiger partial charge in [-0.1, -0.05) is 0 Å². The van der Waals surface area contributed by atoms with Gasteiger partial charge in [-0.3, -0.25) is 0 Å². The number of ether oxygens (including phenoxy) is 3. The summed E-state index contributed by atoms with van der Waals surface area (Å²) >= 11 is 19.9. The molecule has 3 aromatic rings. The van der Waals surface area contributed by atoms with Crippen LogP contribution < -0.4 is 0 Å². The van der Waals surface area contributed by atoms with Crippen molar-refractivity contribution < 1.29 is 33.7 Å². The molecule has 0 aliphatic carbocycles. The molecule has 0 aromatic heterocycles. The topological polar surface area (TPSA) is 99.1 Å². The van der Waals surface area contributed by atoms with Crippen LogP contribution in [-0.2, 0) is 19.8 Å². The van der Waals surface area contributed by atoms with Crippen molar-refractivity contribution in [2.24, 2.45) is 0 Å².